The summed E-state index contributed by atoms with van der Waals surface area (Å²) in [6, 6.07) is 17.2. The number of para-hydroxylation sites is 3. The van der Waals surface area contributed by atoms with Crippen molar-refractivity contribution < 1.29 is 4.74 Å². The van der Waals surface area contributed by atoms with Crippen LogP contribution < -0.4 is 16.2 Å². The molecular weight excluding hydrogens is 356 g/mol. The zero-order chi connectivity index (χ0) is 21.0. The van der Waals surface area contributed by atoms with E-state index in [-0.39, 0.29) is 0 Å². The molecule has 0 aliphatic rings. The molecule has 4 N–H and O–H groups in total. The number of unbranched alkanes of at least 4 members (excludes halogenated alkanes) is 11. The number of benzene rings is 2. The lowest BCUT2D eigenvalue weighted by atomic mass is 10.1. The number of anilines is 2. The zero-order valence-electron chi connectivity index (χ0n) is 18.5. The second kappa shape index (κ2) is 17.9. The summed E-state index contributed by atoms with van der Waals surface area (Å²) in [4.78, 5) is 0. The highest BCUT2D eigenvalue weighted by Gasteiger charge is 1.98. The number of hydrogen-bond acceptors (Lipinski definition) is 3. The lowest BCUT2D eigenvalue weighted by Gasteiger charge is -2.08. The molecule has 0 aliphatic heterocycles. The van der Waals surface area contributed by atoms with Crippen LogP contribution in [0.5, 0.6) is 5.75 Å². The first-order chi connectivity index (χ1) is 14.2. The molecule has 0 fully saturated rings. The minimum atomic E-state index is 0.737. The van der Waals surface area contributed by atoms with Crippen LogP contribution in [0.1, 0.15) is 84.0 Å². The molecule has 0 aromatic heterocycles. The zero-order valence-corrected chi connectivity index (χ0v) is 18.5. The summed E-state index contributed by atoms with van der Waals surface area (Å²) in [5, 5.41) is 0. The molecule has 2 aromatic rings. The van der Waals surface area contributed by atoms with Crippen molar-refractivity contribution in [2.24, 2.45) is 0 Å². The van der Waals surface area contributed by atoms with Crippen molar-refractivity contribution >= 4 is 11.4 Å². The average Bonchev–Trinajstić information content (AvgIpc) is 2.74. The third-order valence-corrected chi connectivity index (χ3v) is 4.97. The van der Waals surface area contributed by atoms with E-state index in [0.29, 0.717) is 0 Å². The Morgan fingerprint density at radius 1 is 0.586 bits per heavy atom. The molecule has 0 radical (unpaired) electrons. The van der Waals surface area contributed by atoms with E-state index in [1.54, 1.807) is 0 Å². The molecule has 0 atom stereocenters. The molecule has 0 unspecified atom stereocenters. The van der Waals surface area contributed by atoms with E-state index in [4.69, 9.17) is 16.2 Å². The summed E-state index contributed by atoms with van der Waals surface area (Å²) in [7, 11) is 0. The monoisotopic (exact) mass is 398 g/mol. The number of ether oxygens (including phenoxy) is 1. The number of nitrogen functional groups attached to an aromatic ring is 2. The number of hydrogen-bond donors (Lipinski definition) is 2. The lowest BCUT2D eigenvalue weighted by molar-refractivity contribution is 0.306. The minimum absolute atomic E-state index is 0.737. The third-order valence-electron chi connectivity index (χ3n) is 4.97. The molecule has 2 rings (SSSR count). The molecule has 29 heavy (non-hydrogen) atoms. The fourth-order valence-electron chi connectivity index (χ4n) is 3.19. The second-order valence-corrected chi connectivity index (χ2v) is 7.69. The molecule has 0 bridgehead atoms. The largest absolute Gasteiger partial charge is 0.491 e. The van der Waals surface area contributed by atoms with Gasteiger partial charge in [-0.1, -0.05) is 108 Å². The Morgan fingerprint density at radius 3 is 1.55 bits per heavy atom. The molecule has 0 spiro atoms. The van der Waals surface area contributed by atoms with Crippen LogP contribution in [-0.2, 0) is 0 Å². The van der Waals surface area contributed by atoms with Gasteiger partial charge in [0.25, 0.3) is 0 Å². The fourth-order valence-corrected chi connectivity index (χ4v) is 3.19. The third kappa shape index (κ3) is 14.5. The van der Waals surface area contributed by atoms with E-state index in [0.717, 1.165) is 30.2 Å². The van der Waals surface area contributed by atoms with Crippen molar-refractivity contribution in [2.75, 3.05) is 18.1 Å². The van der Waals surface area contributed by atoms with Crippen molar-refractivity contribution in [3.8, 4) is 5.75 Å². The van der Waals surface area contributed by atoms with Gasteiger partial charge < -0.3 is 16.2 Å². The first-order valence-corrected chi connectivity index (χ1v) is 11.5. The van der Waals surface area contributed by atoms with Crippen molar-refractivity contribution in [3.05, 3.63) is 54.6 Å². The Labute approximate surface area is 178 Å². The maximum absolute atomic E-state index is 5.84. The Kier molecular flexibility index (Phi) is 15.4. The van der Waals surface area contributed by atoms with Crippen molar-refractivity contribution in [2.45, 2.75) is 84.0 Å². The van der Waals surface area contributed by atoms with Crippen LogP contribution in [0.4, 0.5) is 11.4 Å². The normalized spacial score (nSPS) is 10.2. The van der Waals surface area contributed by atoms with E-state index < -0.39 is 0 Å². The maximum atomic E-state index is 5.84. The van der Waals surface area contributed by atoms with E-state index in [1.807, 2.05) is 54.6 Å². The van der Waals surface area contributed by atoms with Crippen LogP contribution in [0, 0.1) is 0 Å². The number of nitrogens with two attached hydrogens (primary N) is 2. The van der Waals surface area contributed by atoms with Crippen LogP contribution in [0.3, 0.4) is 0 Å². The summed E-state index contributed by atoms with van der Waals surface area (Å²) < 4.78 is 5.70. The molecule has 0 saturated carbocycles. The molecule has 162 valence electrons. The van der Waals surface area contributed by atoms with E-state index in [9.17, 15) is 0 Å². The van der Waals surface area contributed by atoms with Gasteiger partial charge in [0.15, 0.2) is 0 Å². The summed E-state index contributed by atoms with van der Waals surface area (Å²) >= 11 is 0. The van der Waals surface area contributed by atoms with Gasteiger partial charge >= 0.3 is 0 Å². The smallest absolute Gasteiger partial charge is 0.142 e. The SMILES string of the molecule is CCCCCCCCCCCCCCOc1ccccc1N.Nc1ccccc1. The van der Waals surface area contributed by atoms with Crippen molar-refractivity contribution in [1.29, 1.82) is 0 Å². The molecule has 0 aliphatic carbocycles. The van der Waals surface area contributed by atoms with Gasteiger partial charge in [0.2, 0.25) is 0 Å². The molecule has 0 heterocycles. The molecule has 0 amide bonds. The van der Waals surface area contributed by atoms with Gasteiger partial charge in [-0.15, -0.1) is 0 Å². The predicted molar refractivity (Wildman–Crippen MR) is 128 cm³/mol. The van der Waals surface area contributed by atoms with Gasteiger partial charge in [-0.2, -0.15) is 0 Å². The minimum Gasteiger partial charge on any atom is -0.491 e. The van der Waals surface area contributed by atoms with Crippen LogP contribution in [0.2, 0.25) is 0 Å². The molecule has 2 aromatic carbocycles. The average molecular weight is 399 g/mol. The van der Waals surface area contributed by atoms with E-state index in [1.165, 1.54) is 70.6 Å². The lowest BCUT2D eigenvalue weighted by Crippen LogP contribution is -2.00. The summed E-state index contributed by atoms with van der Waals surface area (Å²) in [5.74, 6) is 0.825. The molecule has 0 saturated heterocycles. The van der Waals surface area contributed by atoms with E-state index in [2.05, 4.69) is 6.92 Å². The molecule has 3 nitrogen and oxygen atoms in total. The summed E-state index contributed by atoms with van der Waals surface area (Å²) in [6.07, 6.45) is 16.4. The highest BCUT2D eigenvalue weighted by atomic mass is 16.5. The van der Waals surface area contributed by atoms with Gasteiger partial charge in [0.05, 0.1) is 12.3 Å². The van der Waals surface area contributed by atoms with Gasteiger partial charge in [0.1, 0.15) is 5.75 Å². The first kappa shape index (κ1) is 24.9. The highest BCUT2D eigenvalue weighted by Crippen LogP contribution is 2.20. The quantitative estimate of drug-likeness (QED) is 0.254. The van der Waals surface area contributed by atoms with Gasteiger partial charge in [-0.25, -0.2) is 0 Å². The van der Waals surface area contributed by atoms with Gasteiger partial charge in [-0.05, 0) is 30.7 Å². The second-order valence-electron chi connectivity index (χ2n) is 7.69. The van der Waals surface area contributed by atoms with Gasteiger partial charge in [-0.3, -0.25) is 0 Å². The standard InChI is InChI=1S/C20H35NO.C6H7N/c1-2-3-4-5-6-7-8-9-10-11-12-15-18-22-20-17-14-13-16-19(20)21;7-6-4-2-1-3-5-6/h13-14,16-17H,2-12,15,18,21H2,1H3;1-5H,7H2. The van der Waals surface area contributed by atoms with Gasteiger partial charge in [0, 0.05) is 5.69 Å². The van der Waals surface area contributed by atoms with E-state index >= 15 is 0 Å². The van der Waals surface area contributed by atoms with Crippen LogP contribution in [0.25, 0.3) is 0 Å². The Balaban J connectivity index is 0.000000502. The predicted octanol–water partition coefficient (Wildman–Crippen LogP) is 7.62. The maximum Gasteiger partial charge on any atom is 0.142 e. The Hall–Kier alpha value is -2.16. The molecular formula is C26H42N2O. The van der Waals surface area contributed by atoms with Crippen molar-refractivity contribution in [1.82, 2.24) is 0 Å². The molecule has 3 heteroatoms. The first-order valence-electron chi connectivity index (χ1n) is 11.5. The highest BCUT2D eigenvalue weighted by molar-refractivity contribution is 5.51. The van der Waals surface area contributed by atoms with Crippen LogP contribution >= 0.6 is 0 Å². The Bertz CT molecular complexity index is 601. The number of rotatable bonds is 14. The van der Waals surface area contributed by atoms with Crippen molar-refractivity contribution in [3.63, 3.8) is 0 Å². The van der Waals surface area contributed by atoms with Crippen LogP contribution in [-0.4, -0.2) is 6.61 Å². The summed E-state index contributed by atoms with van der Waals surface area (Å²) in [6.45, 7) is 3.06. The Morgan fingerprint density at radius 2 is 1.07 bits per heavy atom. The fraction of sp³-hybridized carbons (Fsp3) is 0.538. The summed E-state index contributed by atoms with van der Waals surface area (Å²) in [5.41, 5.74) is 12.8. The topological polar surface area (TPSA) is 61.3 Å². The van der Waals surface area contributed by atoms with Crippen LogP contribution in [0.15, 0.2) is 54.6 Å².